The molecule has 1 aliphatic carbocycles. The monoisotopic (exact) mass is 412 g/mol. The Morgan fingerprint density at radius 1 is 1.03 bits per heavy atom. The van der Waals surface area contributed by atoms with Crippen molar-refractivity contribution in [3.8, 4) is 0 Å². The number of piperazine rings is 1. The Morgan fingerprint density at radius 2 is 1.80 bits per heavy atom. The molecule has 0 atom stereocenters. The van der Waals surface area contributed by atoms with E-state index in [0.717, 1.165) is 48.1 Å². The van der Waals surface area contributed by atoms with E-state index in [1.807, 2.05) is 24.4 Å². The summed E-state index contributed by atoms with van der Waals surface area (Å²) in [6.45, 7) is 2.66. The van der Waals surface area contributed by atoms with Gasteiger partial charge in [0.25, 0.3) is 12.0 Å². The van der Waals surface area contributed by atoms with Crippen LogP contribution in [0.15, 0.2) is 41.6 Å². The normalized spacial score (nSPS) is 17.2. The van der Waals surface area contributed by atoms with Gasteiger partial charge in [0.2, 0.25) is 0 Å². The molecular formula is C21H22F2N6O. The molecule has 2 aromatic heterocycles. The Labute approximate surface area is 172 Å². The molecule has 9 heteroatoms. The summed E-state index contributed by atoms with van der Waals surface area (Å²) in [4.78, 5) is 30.2. The number of alkyl halides is 2. The average Bonchev–Trinajstić information content (AvgIpc) is 3.61. The molecule has 0 amide bonds. The number of benzene rings is 1. The van der Waals surface area contributed by atoms with Gasteiger partial charge in [0.15, 0.2) is 0 Å². The molecule has 156 valence electrons. The Hall–Kier alpha value is -3.10. The summed E-state index contributed by atoms with van der Waals surface area (Å²) in [5.41, 5.74) is 1.06. The fourth-order valence-corrected chi connectivity index (χ4v) is 3.89. The van der Waals surface area contributed by atoms with Crippen LogP contribution in [-0.4, -0.2) is 52.1 Å². The van der Waals surface area contributed by atoms with Crippen LogP contribution >= 0.6 is 0 Å². The number of nitrogens with zero attached hydrogens (tertiary/aromatic N) is 6. The molecule has 0 radical (unpaired) electrons. The molecule has 1 aromatic carbocycles. The number of fused-ring (bicyclic) bond motifs is 1. The standard InChI is InChI=1S/C21H22F2N6O/c22-18(23)12-29-13-25-17-11-15(3-4-16(17)21(29)30)27-7-9-28(10-8-27)19-5-6-24-20(26-19)14-1-2-14/h3-6,11,13-14,18H,1-2,7-10,12H2. The van der Waals surface area contributed by atoms with Crippen LogP contribution in [0.1, 0.15) is 24.6 Å². The number of halogens is 2. The van der Waals surface area contributed by atoms with E-state index in [-0.39, 0.29) is 0 Å². The number of hydrogen-bond acceptors (Lipinski definition) is 6. The van der Waals surface area contributed by atoms with Crippen LogP contribution in [0.25, 0.3) is 10.9 Å². The van der Waals surface area contributed by atoms with Crippen LogP contribution in [0.2, 0.25) is 0 Å². The Balaban J connectivity index is 1.31. The van der Waals surface area contributed by atoms with E-state index in [0.29, 0.717) is 16.8 Å². The van der Waals surface area contributed by atoms with Crippen molar-refractivity contribution in [2.45, 2.75) is 31.7 Å². The van der Waals surface area contributed by atoms with Crippen molar-refractivity contribution in [3.63, 3.8) is 0 Å². The van der Waals surface area contributed by atoms with Crippen molar-refractivity contribution >= 4 is 22.4 Å². The number of aromatic nitrogens is 4. The van der Waals surface area contributed by atoms with Gasteiger partial charge in [-0.1, -0.05) is 0 Å². The molecule has 0 unspecified atom stereocenters. The summed E-state index contributed by atoms with van der Waals surface area (Å²) < 4.78 is 26.2. The lowest BCUT2D eigenvalue weighted by molar-refractivity contribution is 0.125. The van der Waals surface area contributed by atoms with Crippen LogP contribution in [0.4, 0.5) is 20.3 Å². The highest BCUT2D eigenvalue weighted by Gasteiger charge is 2.27. The molecule has 3 aromatic rings. The predicted molar refractivity (Wildman–Crippen MR) is 110 cm³/mol. The van der Waals surface area contributed by atoms with Gasteiger partial charge in [-0.2, -0.15) is 0 Å². The van der Waals surface area contributed by atoms with Gasteiger partial charge in [0.05, 0.1) is 23.8 Å². The summed E-state index contributed by atoms with van der Waals surface area (Å²) in [6.07, 6.45) is 2.82. The van der Waals surface area contributed by atoms with Gasteiger partial charge in [-0.15, -0.1) is 0 Å². The highest BCUT2D eigenvalue weighted by atomic mass is 19.3. The topological polar surface area (TPSA) is 67.2 Å². The Bertz CT molecular complexity index is 1120. The third-order valence-electron chi connectivity index (χ3n) is 5.71. The zero-order valence-corrected chi connectivity index (χ0v) is 16.4. The summed E-state index contributed by atoms with van der Waals surface area (Å²) in [6, 6.07) is 7.37. The van der Waals surface area contributed by atoms with Gasteiger partial charge in [-0.05, 0) is 37.1 Å². The van der Waals surface area contributed by atoms with Crippen LogP contribution in [0.3, 0.4) is 0 Å². The zero-order chi connectivity index (χ0) is 20.7. The molecule has 1 saturated heterocycles. The Kier molecular flexibility index (Phi) is 4.80. The van der Waals surface area contributed by atoms with E-state index in [2.05, 4.69) is 19.8 Å². The first kappa shape index (κ1) is 18.9. The van der Waals surface area contributed by atoms with E-state index in [4.69, 9.17) is 4.98 Å². The second-order valence-corrected chi connectivity index (χ2v) is 7.82. The summed E-state index contributed by atoms with van der Waals surface area (Å²) in [5, 5.41) is 0.356. The quantitative estimate of drug-likeness (QED) is 0.642. The predicted octanol–water partition coefficient (Wildman–Crippen LogP) is 2.66. The zero-order valence-electron chi connectivity index (χ0n) is 16.4. The van der Waals surface area contributed by atoms with Crippen LogP contribution in [0, 0.1) is 0 Å². The van der Waals surface area contributed by atoms with E-state index < -0.39 is 18.5 Å². The van der Waals surface area contributed by atoms with Gasteiger partial charge >= 0.3 is 0 Å². The molecule has 1 aliphatic heterocycles. The van der Waals surface area contributed by atoms with Gasteiger partial charge in [-0.25, -0.2) is 23.7 Å². The highest BCUT2D eigenvalue weighted by Crippen LogP contribution is 2.38. The molecule has 3 heterocycles. The maximum Gasteiger partial charge on any atom is 0.261 e. The van der Waals surface area contributed by atoms with Crippen molar-refractivity contribution in [2.75, 3.05) is 36.0 Å². The average molecular weight is 412 g/mol. The largest absolute Gasteiger partial charge is 0.368 e. The number of anilines is 2. The van der Waals surface area contributed by atoms with Gasteiger partial charge < -0.3 is 9.80 Å². The molecule has 2 fully saturated rings. The van der Waals surface area contributed by atoms with E-state index in [9.17, 15) is 13.6 Å². The molecule has 30 heavy (non-hydrogen) atoms. The van der Waals surface area contributed by atoms with Crippen LogP contribution in [0.5, 0.6) is 0 Å². The minimum absolute atomic E-state index is 0.356. The van der Waals surface area contributed by atoms with Crippen LogP contribution in [-0.2, 0) is 6.54 Å². The first-order valence-corrected chi connectivity index (χ1v) is 10.2. The van der Waals surface area contributed by atoms with Crippen molar-refractivity contribution in [3.05, 3.63) is 53.0 Å². The summed E-state index contributed by atoms with van der Waals surface area (Å²) >= 11 is 0. The van der Waals surface area contributed by atoms with E-state index >= 15 is 0 Å². The second-order valence-electron chi connectivity index (χ2n) is 7.82. The van der Waals surface area contributed by atoms with Crippen LogP contribution < -0.4 is 15.4 Å². The maximum atomic E-state index is 12.6. The van der Waals surface area contributed by atoms with Crippen molar-refractivity contribution < 1.29 is 8.78 Å². The number of rotatable bonds is 5. The molecule has 2 aliphatic rings. The Morgan fingerprint density at radius 3 is 2.53 bits per heavy atom. The first-order valence-electron chi connectivity index (χ1n) is 10.2. The smallest absolute Gasteiger partial charge is 0.261 e. The van der Waals surface area contributed by atoms with Gasteiger partial charge in [0.1, 0.15) is 11.6 Å². The lowest BCUT2D eigenvalue weighted by Crippen LogP contribution is -2.46. The van der Waals surface area contributed by atoms with E-state index in [1.54, 1.807) is 6.07 Å². The van der Waals surface area contributed by atoms with Crippen molar-refractivity contribution in [2.24, 2.45) is 0 Å². The SMILES string of the molecule is O=c1c2ccc(N3CCN(c4ccnc(C5CC5)n4)CC3)cc2ncn1CC(F)F. The first-order chi connectivity index (χ1) is 14.6. The molecular weight excluding hydrogens is 390 g/mol. The lowest BCUT2D eigenvalue weighted by Gasteiger charge is -2.36. The molecule has 5 rings (SSSR count). The minimum atomic E-state index is -2.59. The summed E-state index contributed by atoms with van der Waals surface area (Å²) in [7, 11) is 0. The molecule has 7 nitrogen and oxygen atoms in total. The third-order valence-corrected chi connectivity index (χ3v) is 5.71. The maximum absolute atomic E-state index is 12.6. The number of hydrogen-bond donors (Lipinski definition) is 0. The molecule has 0 bridgehead atoms. The minimum Gasteiger partial charge on any atom is -0.368 e. The lowest BCUT2D eigenvalue weighted by atomic mass is 10.2. The summed E-state index contributed by atoms with van der Waals surface area (Å²) in [5.74, 6) is 2.46. The van der Waals surface area contributed by atoms with E-state index in [1.165, 1.54) is 19.2 Å². The molecule has 1 saturated carbocycles. The highest BCUT2D eigenvalue weighted by molar-refractivity contribution is 5.81. The molecule has 0 N–H and O–H groups in total. The molecule has 0 spiro atoms. The van der Waals surface area contributed by atoms with Gasteiger partial charge in [0, 0.05) is 44.0 Å². The van der Waals surface area contributed by atoms with Gasteiger partial charge in [-0.3, -0.25) is 9.36 Å². The second kappa shape index (κ2) is 7.62. The fraction of sp³-hybridized carbons (Fsp3) is 0.429. The van der Waals surface area contributed by atoms with Crippen molar-refractivity contribution in [1.82, 2.24) is 19.5 Å². The fourth-order valence-electron chi connectivity index (χ4n) is 3.89. The third kappa shape index (κ3) is 3.71. The van der Waals surface area contributed by atoms with Crippen molar-refractivity contribution in [1.29, 1.82) is 0 Å².